The number of aromatic nitrogens is 1. The van der Waals surface area contributed by atoms with Gasteiger partial charge in [-0.3, -0.25) is 0 Å². The average molecular weight is 289 g/mol. The molecule has 2 aliphatic rings. The van der Waals surface area contributed by atoms with Gasteiger partial charge in [0.05, 0.1) is 5.56 Å². The maximum atomic E-state index is 5.92. The summed E-state index contributed by atoms with van der Waals surface area (Å²) in [6, 6.07) is 1.99. The van der Waals surface area contributed by atoms with Crippen molar-refractivity contribution < 1.29 is 0 Å². The van der Waals surface area contributed by atoms with Gasteiger partial charge < -0.3 is 10.6 Å². The number of anilines is 1. The zero-order chi connectivity index (χ0) is 14.1. The Hall–Kier alpha value is -1.16. The monoisotopic (exact) mass is 289 g/mol. The smallest absolute Gasteiger partial charge is 0.139 e. The van der Waals surface area contributed by atoms with E-state index in [1.165, 1.54) is 32.1 Å². The highest BCUT2D eigenvalue weighted by molar-refractivity contribution is 7.80. The maximum Gasteiger partial charge on any atom is 0.139 e. The number of fused-ring (bicyclic) bond motifs is 1. The minimum atomic E-state index is 0.469. The Labute approximate surface area is 126 Å². The van der Waals surface area contributed by atoms with E-state index in [-0.39, 0.29) is 0 Å². The van der Waals surface area contributed by atoms with E-state index in [0.29, 0.717) is 4.99 Å². The number of piperidine rings is 1. The van der Waals surface area contributed by atoms with Gasteiger partial charge in [0, 0.05) is 19.3 Å². The zero-order valence-electron chi connectivity index (χ0n) is 12.1. The van der Waals surface area contributed by atoms with Gasteiger partial charge in [-0.15, -0.1) is 0 Å². The Kier molecular flexibility index (Phi) is 3.92. The van der Waals surface area contributed by atoms with Gasteiger partial charge in [-0.05, 0) is 43.2 Å². The fourth-order valence-electron chi connectivity index (χ4n) is 3.88. The van der Waals surface area contributed by atoms with Crippen molar-refractivity contribution in [2.45, 2.75) is 39.0 Å². The number of hydrogen-bond acceptors (Lipinski definition) is 3. The lowest BCUT2D eigenvalue weighted by molar-refractivity contribution is 0.202. The summed E-state index contributed by atoms with van der Waals surface area (Å²) in [7, 11) is 0. The van der Waals surface area contributed by atoms with Crippen LogP contribution < -0.4 is 10.6 Å². The second-order valence-corrected chi connectivity index (χ2v) is 6.67. The lowest BCUT2D eigenvalue weighted by atomic mass is 9.75. The highest BCUT2D eigenvalue weighted by atomic mass is 32.1. The molecule has 1 aromatic rings. The number of nitrogens with two attached hydrogens (primary N) is 1. The summed E-state index contributed by atoms with van der Waals surface area (Å²) in [5, 5.41) is 0. The van der Waals surface area contributed by atoms with Crippen LogP contribution in [0.25, 0.3) is 0 Å². The van der Waals surface area contributed by atoms with Crippen LogP contribution in [0.3, 0.4) is 0 Å². The third kappa shape index (κ3) is 2.53. The molecule has 2 fully saturated rings. The van der Waals surface area contributed by atoms with Crippen LogP contribution in [0.15, 0.2) is 12.3 Å². The third-order valence-corrected chi connectivity index (χ3v) is 5.18. The largest absolute Gasteiger partial charge is 0.389 e. The van der Waals surface area contributed by atoms with Crippen LogP contribution in [0.5, 0.6) is 0 Å². The van der Waals surface area contributed by atoms with Crippen molar-refractivity contribution in [1.29, 1.82) is 0 Å². The van der Waals surface area contributed by atoms with Crippen molar-refractivity contribution in [2.24, 2.45) is 17.6 Å². The quantitative estimate of drug-likeness (QED) is 0.850. The van der Waals surface area contributed by atoms with Crippen LogP contribution in [0, 0.1) is 18.8 Å². The predicted octanol–water partition coefficient (Wildman–Crippen LogP) is 3.04. The molecule has 2 heterocycles. The summed E-state index contributed by atoms with van der Waals surface area (Å²) in [4.78, 5) is 7.46. The molecule has 1 saturated carbocycles. The molecule has 0 aromatic carbocycles. The summed E-state index contributed by atoms with van der Waals surface area (Å²) in [6.07, 6.45) is 8.76. The molecule has 2 atom stereocenters. The van der Waals surface area contributed by atoms with Crippen LogP contribution in [0.1, 0.15) is 43.2 Å². The molecule has 108 valence electrons. The Bertz CT molecular complexity index is 514. The molecule has 2 unspecified atom stereocenters. The Morgan fingerprint density at radius 3 is 2.80 bits per heavy atom. The number of thiocarbonyl (C=S) groups is 1. The molecule has 0 radical (unpaired) electrons. The fourth-order valence-corrected chi connectivity index (χ4v) is 4.13. The summed E-state index contributed by atoms with van der Waals surface area (Å²) < 4.78 is 0. The molecule has 3 rings (SSSR count). The normalized spacial score (nSPS) is 26.1. The lowest BCUT2D eigenvalue weighted by Crippen LogP contribution is -2.43. The second kappa shape index (κ2) is 5.68. The maximum absolute atomic E-state index is 5.92. The zero-order valence-corrected chi connectivity index (χ0v) is 13.0. The number of rotatable bonds is 2. The second-order valence-electron chi connectivity index (χ2n) is 6.23. The van der Waals surface area contributed by atoms with Gasteiger partial charge in [0.1, 0.15) is 10.8 Å². The van der Waals surface area contributed by atoms with E-state index < -0.39 is 0 Å². The first kappa shape index (κ1) is 13.8. The van der Waals surface area contributed by atoms with Crippen LogP contribution >= 0.6 is 12.2 Å². The summed E-state index contributed by atoms with van der Waals surface area (Å²) in [5.41, 5.74) is 8.02. The van der Waals surface area contributed by atoms with E-state index in [9.17, 15) is 0 Å². The minimum absolute atomic E-state index is 0.469. The van der Waals surface area contributed by atoms with Crippen LogP contribution in [-0.2, 0) is 0 Å². The van der Waals surface area contributed by atoms with E-state index in [2.05, 4.69) is 16.8 Å². The van der Waals surface area contributed by atoms with E-state index >= 15 is 0 Å². The highest BCUT2D eigenvalue weighted by Gasteiger charge is 2.32. The van der Waals surface area contributed by atoms with Crippen molar-refractivity contribution in [3.63, 3.8) is 0 Å². The van der Waals surface area contributed by atoms with Gasteiger partial charge in [-0.25, -0.2) is 4.98 Å². The van der Waals surface area contributed by atoms with Gasteiger partial charge in [0.15, 0.2) is 0 Å². The molecule has 0 amide bonds. The topological polar surface area (TPSA) is 42.2 Å². The van der Waals surface area contributed by atoms with Gasteiger partial charge in [-0.1, -0.05) is 31.5 Å². The van der Waals surface area contributed by atoms with E-state index in [1.807, 2.05) is 12.3 Å². The van der Waals surface area contributed by atoms with E-state index in [1.54, 1.807) is 0 Å². The fraction of sp³-hybridized carbons (Fsp3) is 0.625. The minimum Gasteiger partial charge on any atom is -0.389 e. The van der Waals surface area contributed by atoms with Crippen molar-refractivity contribution >= 4 is 23.0 Å². The summed E-state index contributed by atoms with van der Waals surface area (Å²) in [6.45, 7) is 4.27. The van der Waals surface area contributed by atoms with Crippen LogP contribution in [-0.4, -0.2) is 23.1 Å². The molecule has 1 aliphatic carbocycles. The summed E-state index contributed by atoms with van der Waals surface area (Å²) >= 11 is 5.23. The molecular weight excluding hydrogens is 266 g/mol. The van der Waals surface area contributed by atoms with E-state index in [4.69, 9.17) is 18.0 Å². The molecule has 3 nitrogen and oxygen atoms in total. The SMILES string of the molecule is Cc1ccnc(N2CCC3CCCCC3C2)c1C(N)=S. The Morgan fingerprint density at radius 2 is 2.05 bits per heavy atom. The molecular formula is C16H23N3S. The number of aryl methyl sites for hydroxylation is 1. The Morgan fingerprint density at radius 1 is 1.30 bits per heavy atom. The summed E-state index contributed by atoms with van der Waals surface area (Å²) in [5.74, 6) is 2.76. The molecule has 1 aliphatic heterocycles. The Balaban J connectivity index is 1.86. The predicted molar refractivity (Wildman–Crippen MR) is 87.1 cm³/mol. The lowest BCUT2D eigenvalue weighted by Gasteiger charge is -2.42. The van der Waals surface area contributed by atoms with Gasteiger partial charge in [0.2, 0.25) is 0 Å². The number of hydrogen-bond donors (Lipinski definition) is 1. The molecule has 2 N–H and O–H groups in total. The molecule has 0 bridgehead atoms. The van der Waals surface area contributed by atoms with Gasteiger partial charge in [0.25, 0.3) is 0 Å². The van der Waals surface area contributed by atoms with Gasteiger partial charge >= 0.3 is 0 Å². The van der Waals surface area contributed by atoms with Crippen molar-refractivity contribution in [3.8, 4) is 0 Å². The van der Waals surface area contributed by atoms with Gasteiger partial charge in [-0.2, -0.15) is 0 Å². The van der Waals surface area contributed by atoms with Crippen molar-refractivity contribution in [2.75, 3.05) is 18.0 Å². The first-order chi connectivity index (χ1) is 9.66. The third-order valence-electron chi connectivity index (χ3n) is 4.98. The van der Waals surface area contributed by atoms with Crippen LogP contribution in [0.2, 0.25) is 0 Å². The van der Waals surface area contributed by atoms with Crippen molar-refractivity contribution in [3.05, 3.63) is 23.4 Å². The van der Waals surface area contributed by atoms with E-state index in [0.717, 1.165) is 41.9 Å². The number of nitrogens with zero attached hydrogens (tertiary/aromatic N) is 2. The standard InChI is InChI=1S/C16H23N3S/c1-11-6-8-18-16(14(11)15(17)20)19-9-7-12-4-2-3-5-13(12)10-19/h6,8,12-13H,2-5,7,9-10H2,1H3,(H2,17,20). The first-order valence-corrected chi connectivity index (χ1v) is 8.08. The molecule has 0 spiro atoms. The highest BCUT2D eigenvalue weighted by Crippen LogP contribution is 2.37. The molecule has 4 heteroatoms. The average Bonchev–Trinajstić information content (AvgIpc) is 2.46. The molecule has 20 heavy (non-hydrogen) atoms. The number of pyridine rings is 1. The molecule has 1 saturated heterocycles. The first-order valence-electron chi connectivity index (χ1n) is 7.67. The van der Waals surface area contributed by atoms with Crippen LogP contribution in [0.4, 0.5) is 5.82 Å². The van der Waals surface area contributed by atoms with Crippen molar-refractivity contribution in [1.82, 2.24) is 4.98 Å². The molecule has 1 aromatic heterocycles.